The lowest BCUT2D eigenvalue weighted by Gasteiger charge is -2.30. The van der Waals surface area contributed by atoms with Gasteiger partial charge in [-0.2, -0.15) is 0 Å². The number of carbonyl (C=O) groups is 4. The van der Waals surface area contributed by atoms with Gasteiger partial charge in [-0.15, -0.1) is 0 Å². The number of rotatable bonds is 4. The lowest BCUT2D eigenvalue weighted by Crippen LogP contribution is -2.50. The number of nitrogens with zero attached hydrogens (tertiary/aromatic N) is 1. The van der Waals surface area contributed by atoms with Crippen molar-refractivity contribution in [3.63, 3.8) is 0 Å². The molecule has 8 heteroatoms. The predicted octanol–water partition coefficient (Wildman–Crippen LogP) is 0.865. The lowest BCUT2D eigenvalue weighted by atomic mass is 9.82. The van der Waals surface area contributed by atoms with Crippen LogP contribution in [-0.2, 0) is 9.59 Å². The van der Waals surface area contributed by atoms with Crippen molar-refractivity contribution in [2.75, 3.05) is 6.54 Å². The van der Waals surface area contributed by atoms with Crippen LogP contribution in [0.5, 0.6) is 0 Å². The van der Waals surface area contributed by atoms with Crippen molar-refractivity contribution in [1.82, 2.24) is 20.9 Å². The van der Waals surface area contributed by atoms with Crippen LogP contribution in [0, 0.1) is 0 Å². The summed E-state index contributed by atoms with van der Waals surface area (Å²) in [5.41, 5.74) is -0.853. The number of carbonyl (C=O) groups excluding carboxylic acids is 4. The SMILES string of the molecule is CC[C@H](C)NC(=O)NC(=O)CN1C(=O)NC2(CCCCC2)C1=O. The van der Waals surface area contributed by atoms with E-state index in [2.05, 4.69) is 16.0 Å². The topological polar surface area (TPSA) is 108 Å². The summed E-state index contributed by atoms with van der Waals surface area (Å²) in [5.74, 6) is -1.04. The first kappa shape index (κ1) is 17.2. The zero-order valence-electron chi connectivity index (χ0n) is 13.6. The van der Waals surface area contributed by atoms with Gasteiger partial charge in [0.2, 0.25) is 5.91 Å². The Morgan fingerprint density at radius 2 is 1.91 bits per heavy atom. The van der Waals surface area contributed by atoms with Gasteiger partial charge in [0.1, 0.15) is 12.1 Å². The van der Waals surface area contributed by atoms with Crippen molar-refractivity contribution in [2.24, 2.45) is 0 Å². The molecule has 0 aromatic rings. The molecule has 1 aliphatic heterocycles. The van der Waals surface area contributed by atoms with Gasteiger partial charge in [0.05, 0.1) is 0 Å². The van der Waals surface area contributed by atoms with Crippen LogP contribution < -0.4 is 16.0 Å². The van der Waals surface area contributed by atoms with E-state index in [0.717, 1.165) is 30.6 Å². The van der Waals surface area contributed by atoms with Crippen LogP contribution in [0.2, 0.25) is 0 Å². The minimum absolute atomic E-state index is 0.0648. The van der Waals surface area contributed by atoms with E-state index >= 15 is 0 Å². The number of imide groups is 2. The molecule has 2 fully saturated rings. The van der Waals surface area contributed by atoms with Gasteiger partial charge in [-0.3, -0.25) is 19.8 Å². The predicted molar refractivity (Wildman–Crippen MR) is 82.5 cm³/mol. The fraction of sp³-hybridized carbons (Fsp3) is 0.733. The molecule has 0 bridgehead atoms. The Hall–Kier alpha value is -2.12. The Balaban J connectivity index is 1.92. The van der Waals surface area contributed by atoms with Gasteiger partial charge >= 0.3 is 12.1 Å². The third-order valence-corrected chi connectivity index (χ3v) is 4.50. The summed E-state index contributed by atoms with van der Waals surface area (Å²) in [7, 11) is 0. The third kappa shape index (κ3) is 3.80. The van der Waals surface area contributed by atoms with Gasteiger partial charge in [-0.1, -0.05) is 26.2 Å². The monoisotopic (exact) mass is 324 g/mol. The zero-order valence-corrected chi connectivity index (χ0v) is 13.6. The molecular weight excluding hydrogens is 300 g/mol. The standard InChI is InChI=1S/C15H24N4O4/c1-3-10(2)16-13(22)17-11(20)9-19-12(21)15(18-14(19)23)7-5-4-6-8-15/h10H,3-9H2,1-2H3,(H,18,23)(H2,16,17,20,22)/t10-/m0/s1. The van der Waals surface area contributed by atoms with Crippen LogP contribution in [0.3, 0.4) is 0 Å². The summed E-state index contributed by atoms with van der Waals surface area (Å²) in [5, 5.41) is 7.46. The van der Waals surface area contributed by atoms with Crippen LogP contribution in [0.25, 0.3) is 0 Å². The Kier molecular flexibility index (Phi) is 5.23. The second-order valence-electron chi connectivity index (χ2n) is 6.30. The van der Waals surface area contributed by atoms with E-state index in [1.165, 1.54) is 0 Å². The molecular formula is C15H24N4O4. The van der Waals surface area contributed by atoms with Gasteiger partial charge in [0.25, 0.3) is 5.91 Å². The van der Waals surface area contributed by atoms with Gasteiger partial charge in [0, 0.05) is 6.04 Å². The largest absolute Gasteiger partial charge is 0.335 e. The molecule has 1 saturated carbocycles. The first-order chi connectivity index (χ1) is 10.9. The number of hydrogen-bond donors (Lipinski definition) is 3. The first-order valence-corrected chi connectivity index (χ1v) is 8.12. The molecule has 0 aromatic carbocycles. The van der Waals surface area contributed by atoms with Crippen molar-refractivity contribution in [1.29, 1.82) is 0 Å². The zero-order chi connectivity index (χ0) is 17.0. The molecule has 6 amide bonds. The molecule has 3 N–H and O–H groups in total. The molecule has 2 rings (SSSR count). The fourth-order valence-electron chi connectivity index (χ4n) is 2.99. The number of urea groups is 2. The molecule has 1 spiro atoms. The molecule has 0 aromatic heterocycles. The van der Waals surface area contributed by atoms with Gasteiger partial charge in [-0.25, -0.2) is 9.59 Å². The van der Waals surface area contributed by atoms with Crippen molar-refractivity contribution < 1.29 is 19.2 Å². The Bertz CT molecular complexity index is 514. The summed E-state index contributed by atoms with van der Waals surface area (Å²) < 4.78 is 0. The summed E-state index contributed by atoms with van der Waals surface area (Å²) in [4.78, 5) is 48.9. The highest BCUT2D eigenvalue weighted by atomic mass is 16.2. The summed E-state index contributed by atoms with van der Waals surface area (Å²) in [6.07, 6.45) is 4.74. The van der Waals surface area contributed by atoms with E-state index in [1.54, 1.807) is 0 Å². The molecule has 1 heterocycles. The smallest absolute Gasteiger partial charge is 0.325 e. The second kappa shape index (κ2) is 6.97. The second-order valence-corrected chi connectivity index (χ2v) is 6.30. The van der Waals surface area contributed by atoms with Crippen LogP contribution in [0.1, 0.15) is 52.4 Å². The maximum Gasteiger partial charge on any atom is 0.325 e. The summed E-state index contributed by atoms with van der Waals surface area (Å²) in [6.45, 7) is 3.28. The lowest BCUT2D eigenvalue weighted by molar-refractivity contribution is -0.135. The van der Waals surface area contributed by atoms with Gasteiger partial charge < -0.3 is 10.6 Å². The van der Waals surface area contributed by atoms with Crippen LogP contribution in [0.15, 0.2) is 0 Å². The van der Waals surface area contributed by atoms with E-state index in [4.69, 9.17) is 0 Å². The number of nitrogens with one attached hydrogen (secondary N) is 3. The van der Waals surface area contributed by atoms with Crippen molar-refractivity contribution in [3.8, 4) is 0 Å². The molecule has 1 saturated heterocycles. The Labute approximate surface area is 135 Å². The molecule has 0 radical (unpaired) electrons. The molecule has 2 aliphatic rings. The normalized spacial score (nSPS) is 21.0. The van der Waals surface area contributed by atoms with Crippen molar-refractivity contribution in [3.05, 3.63) is 0 Å². The van der Waals surface area contributed by atoms with E-state index in [-0.39, 0.29) is 11.9 Å². The quantitative estimate of drug-likeness (QED) is 0.667. The number of hydrogen-bond acceptors (Lipinski definition) is 4. The third-order valence-electron chi connectivity index (χ3n) is 4.50. The Morgan fingerprint density at radius 1 is 1.26 bits per heavy atom. The average Bonchev–Trinajstić information content (AvgIpc) is 2.72. The Morgan fingerprint density at radius 3 is 2.52 bits per heavy atom. The fourth-order valence-corrected chi connectivity index (χ4v) is 2.99. The van der Waals surface area contributed by atoms with Crippen molar-refractivity contribution in [2.45, 2.75) is 64.0 Å². The average molecular weight is 324 g/mol. The molecule has 128 valence electrons. The van der Waals surface area contributed by atoms with Crippen LogP contribution in [-0.4, -0.2) is 46.9 Å². The highest BCUT2D eigenvalue weighted by Gasteiger charge is 2.51. The molecule has 1 atom stereocenters. The highest BCUT2D eigenvalue weighted by Crippen LogP contribution is 2.33. The molecule has 1 aliphatic carbocycles. The first-order valence-electron chi connectivity index (χ1n) is 8.12. The van der Waals surface area contributed by atoms with Crippen LogP contribution >= 0.6 is 0 Å². The van der Waals surface area contributed by atoms with E-state index in [9.17, 15) is 19.2 Å². The summed E-state index contributed by atoms with van der Waals surface area (Å²) >= 11 is 0. The summed E-state index contributed by atoms with van der Waals surface area (Å²) in [6, 6.07) is -1.25. The minimum atomic E-state index is -0.853. The molecule has 8 nitrogen and oxygen atoms in total. The molecule has 23 heavy (non-hydrogen) atoms. The highest BCUT2D eigenvalue weighted by molar-refractivity contribution is 6.10. The van der Waals surface area contributed by atoms with Crippen molar-refractivity contribution >= 4 is 23.9 Å². The van der Waals surface area contributed by atoms with Crippen LogP contribution in [0.4, 0.5) is 9.59 Å². The van der Waals surface area contributed by atoms with Gasteiger partial charge in [0.15, 0.2) is 0 Å². The maximum absolute atomic E-state index is 12.5. The minimum Gasteiger partial charge on any atom is -0.335 e. The van der Waals surface area contributed by atoms with E-state index in [0.29, 0.717) is 12.8 Å². The van der Waals surface area contributed by atoms with Gasteiger partial charge in [-0.05, 0) is 26.2 Å². The maximum atomic E-state index is 12.5. The number of amides is 6. The van der Waals surface area contributed by atoms with E-state index in [1.807, 2.05) is 13.8 Å². The molecule has 0 unspecified atom stereocenters. The van der Waals surface area contributed by atoms with E-state index < -0.39 is 30.1 Å².